The monoisotopic (exact) mass is 367 g/mol. The molecule has 1 amide bonds. The van der Waals surface area contributed by atoms with Gasteiger partial charge in [-0.1, -0.05) is 18.2 Å². The van der Waals surface area contributed by atoms with Gasteiger partial charge in [0.05, 0.1) is 29.4 Å². The molecule has 2 heterocycles. The first kappa shape index (κ1) is 18.4. The second kappa shape index (κ2) is 8.78. The molecular weight excluding hydrogens is 346 g/mol. The maximum Gasteiger partial charge on any atom is 0.252 e. The van der Waals surface area contributed by atoms with Gasteiger partial charge in [-0.3, -0.25) is 9.78 Å². The van der Waals surface area contributed by atoms with Crippen molar-refractivity contribution in [2.45, 2.75) is 12.5 Å². The molecule has 5 nitrogen and oxygen atoms in total. The molecule has 3 rings (SSSR count). The summed E-state index contributed by atoms with van der Waals surface area (Å²) in [5.74, 6) is 0.685. The van der Waals surface area contributed by atoms with E-state index in [0.717, 1.165) is 34.3 Å². The third kappa shape index (κ3) is 4.20. The molecule has 0 aliphatic carbocycles. The molecule has 0 aliphatic rings. The summed E-state index contributed by atoms with van der Waals surface area (Å²) in [6.45, 7) is -0.0769. The number of para-hydroxylation sites is 1. The predicted molar refractivity (Wildman–Crippen MR) is 106 cm³/mol. The van der Waals surface area contributed by atoms with Crippen LogP contribution in [-0.2, 0) is 0 Å². The summed E-state index contributed by atoms with van der Waals surface area (Å²) in [4.78, 5) is 21.6. The molecule has 1 atom stereocenters. The van der Waals surface area contributed by atoms with Crippen molar-refractivity contribution in [3.05, 3.63) is 60.4 Å². The van der Waals surface area contributed by atoms with Gasteiger partial charge in [-0.15, -0.1) is 0 Å². The Kier molecular flexibility index (Phi) is 6.20. The summed E-state index contributed by atoms with van der Waals surface area (Å²) in [5, 5.41) is 13.3. The zero-order valence-corrected chi connectivity index (χ0v) is 15.4. The SMILES string of the molecule is CSCCC(CO)NC(=O)c1cc(-c2ccncc2)nc2ccccc12. The summed E-state index contributed by atoms with van der Waals surface area (Å²) in [6, 6.07) is 12.9. The van der Waals surface area contributed by atoms with Gasteiger partial charge in [0.1, 0.15) is 0 Å². The van der Waals surface area contributed by atoms with Crippen LogP contribution in [0.4, 0.5) is 0 Å². The van der Waals surface area contributed by atoms with Crippen molar-refractivity contribution >= 4 is 28.6 Å². The van der Waals surface area contributed by atoms with Crippen LogP contribution >= 0.6 is 11.8 Å². The fourth-order valence-corrected chi connectivity index (χ4v) is 3.29. The van der Waals surface area contributed by atoms with E-state index in [1.54, 1.807) is 30.2 Å². The van der Waals surface area contributed by atoms with Crippen molar-refractivity contribution < 1.29 is 9.90 Å². The van der Waals surface area contributed by atoms with Gasteiger partial charge in [0.25, 0.3) is 5.91 Å². The minimum atomic E-state index is -0.258. The summed E-state index contributed by atoms with van der Waals surface area (Å²) < 4.78 is 0. The van der Waals surface area contributed by atoms with Crippen molar-refractivity contribution in [2.75, 3.05) is 18.6 Å². The third-order valence-corrected chi connectivity index (χ3v) is 4.81. The quantitative estimate of drug-likeness (QED) is 0.671. The van der Waals surface area contributed by atoms with E-state index < -0.39 is 0 Å². The Morgan fingerprint density at radius 1 is 1.23 bits per heavy atom. The lowest BCUT2D eigenvalue weighted by atomic mass is 10.0. The predicted octanol–water partition coefficient (Wildman–Crippen LogP) is 3.14. The first-order valence-corrected chi connectivity index (χ1v) is 9.83. The van der Waals surface area contributed by atoms with Crippen LogP contribution in [0.1, 0.15) is 16.8 Å². The molecule has 2 aromatic heterocycles. The van der Waals surface area contributed by atoms with Crippen molar-refractivity contribution in [3.8, 4) is 11.3 Å². The van der Waals surface area contributed by atoms with Crippen LogP contribution in [0.25, 0.3) is 22.2 Å². The van der Waals surface area contributed by atoms with E-state index in [0.29, 0.717) is 5.56 Å². The number of hydrogen-bond acceptors (Lipinski definition) is 5. The van der Waals surface area contributed by atoms with E-state index in [2.05, 4.69) is 15.3 Å². The zero-order valence-electron chi connectivity index (χ0n) is 14.6. The lowest BCUT2D eigenvalue weighted by molar-refractivity contribution is 0.0917. The first-order chi connectivity index (χ1) is 12.7. The Labute approximate surface area is 156 Å². The lowest BCUT2D eigenvalue weighted by Gasteiger charge is -2.17. The highest BCUT2D eigenvalue weighted by atomic mass is 32.2. The second-order valence-corrected chi connectivity index (χ2v) is 6.93. The normalized spacial score (nSPS) is 12.1. The first-order valence-electron chi connectivity index (χ1n) is 8.43. The number of thioether (sulfide) groups is 1. The second-order valence-electron chi connectivity index (χ2n) is 5.94. The molecule has 0 fully saturated rings. The lowest BCUT2D eigenvalue weighted by Crippen LogP contribution is -2.38. The Balaban J connectivity index is 1.99. The Hall–Kier alpha value is -2.44. The molecule has 26 heavy (non-hydrogen) atoms. The molecule has 134 valence electrons. The molecule has 2 N–H and O–H groups in total. The molecule has 0 spiro atoms. The number of aliphatic hydroxyl groups excluding tert-OH is 1. The maximum absolute atomic E-state index is 12.9. The molecule has 3 aromatic rings. The number of carbonyl (C=O) groups is 1. The van der Waals surface area contributed by atoms with E-state index in [9.17, 15) is 9.90 Å². The molecule has 0 saturated heterocycles. The Morgan fingerprint density at radius 2 is 2.00 bits per heavy atom. The van der Waals surface area contributed by atoms with Crippen LogP contribution in [0.2, 0.25) is 0 Å². The molecule has 1 unspecified atom stereocenters. The highest BCUT2D eigenvalue weighted by Gasteiger charge is 2.17. The number of aliphatic hydroxyl groups is 1. The van der Waals surface area contributed by atoms with Gasteiger partial charge in [-0.05, 0) is 42.7 Å². The summed E-state index contributed by atoms with van der Waals surface area (Å²) in [5.41, 5.74) is 2.95. The van der Waals surface area contributed by atoms with E-state index in [-0.39, 0.29) is 18.6 Å². The number of rotatable bonds is 7. The summed E-state index contributed by atoms with van der Waals surface area (Å²) in [6.07, 6.45) is 6.14. The number of amides is 1. The number of nitrogens with zero attached hydrogens (tertiary/aromatic N) is 2. The number of pyridine rings is 2. The molecule has 0 aliphatic heterocycles. The number of fused-ring (bicyclic) bond motifs is 1. The molecule has 1 aromatic carbocycles. The molecule has 0 saturated carbocycles. The molecular formula is C20H21N3O2S. The van der Waals surface area contributed by atoms with Gasteiger partial charge >= 0.3 is 0 Å². The largest absolute Gasteiger partial charge is 0.394 e. The smallest absolute Gasteiger partial charge is 0.252 e. The van der Waals surface area contributed by atoms with Gasteiger partial charge in [-0.25, -0.2) is 4.98 Å². The van der Waals surface area contributed by atoms with E-state index in [4.69, 9.17) is 0 Å². The number of nitrogens with one attached hydrogen (secondary N) is 1. The Bertz CT molecular complexity index is 887. The van der Waals surface area contributed by atoms with E-state index in [1.165, 1.54) is 0 Å². The molecule has 0 radical (unpaired) electrons. The van der Waals surface area contributed by atoms with Gasteiger partial charge in [0.15, 0.2) is 0 Å². The van der Waals surface area contributed by atoms with Crippen LogP contribution in [0.15, 0.2) is 54.9 Å². The summed E-state index contributed by atoms with van der Waals surface area (Å²) in [7, 11) is 0. The maximum atomic E-state index is 12.9. The summed E-state index contributed by atoms with van der Waals surface area (Å²) >= 11 is 1.69. The van der Waals surface area contributed by atoms with Crippen molar-refractivity contribution in [2.24, 2.45) is 0 Å². The van der Waals surface area contributed by atoms with E-state index in [1.807, 2.05) is 42.7 Å². The molecule has 0 bridgehead atoms. The zero-order chi connectivity index (χ0) is 18.4. The highest BCUT2D eigenvalue weighted by molar-refractivity contribution is 7.98. The van der Waals surface area contributed by atoms with Gasteiger partial charge in [0.2, 0.25) is 0 Å². The van der Waals surface area contributed by atoms with Crippen LogP contribution in [0, 0.1) is 0 Å². The fraction of sp³-hybridized carbons (Fsp3) is 0.250. The van der Waals surface area contributed by atoms with Gasteiger partial charge < -0.3 is 10.4 Å². The highest BCUT2D eigenvalue weighted by Crippen LogP contribution is 2.24. The van der Waals surface area contributed by atoms with Crippen molar-refractivity contribution in [1.82, 2.24) is 15.3 Å². The number of carbonyl (C=O) groups excluding carboxylic acids is 1. The van der Waals surface area contributed by atoms with Crippen molar-refractivity contribution in [1.29, 1.82) is 0 Å². The average molecular weight is 367 g/mol. The van der Waals surface area contributed by atoms with Crippen LogP contribution < -0.4 is 5.32 Å². The van der Waals surface area contributed by atoms with Crippen LogP contribution in [0.3, 0.4) is 0 Å². The fourth-order valence-electron chi connectivity index (χ4n) is 2.77. The molecule has 6 heteroatoms. The van der Waals surface area contributed by atoms with Crippen LogP contribution in [0.5, 0.6) is 0 Å². The van der Waals surface area contributed by atoms with Crippen LogP contribution in [-0.4, -0.2) is 45.6 Å². The Morgan fingerprint density at radius 3 is 2.73 bits per heavy atom. The third-order valence-electron chi connectivity index (χ3n) is 4.16. The van der Waals surface area contributed by atoms with Gasteiger partial charge in [0, 0.05) is 23.3 Å². The van der Waals surface area contributed by atoms with E-state index >= 15 is 0 Å². The minimum Gasteiger partial charge on any atom is -0.394 e. The minimum absolute atomic E-state index is 0.0769. The standard InChI is InChI=1S/C20H21N3O2S/c1-26-11-8-15(13-24)22-20(25)17-12-19(14-6-9-21-10-7-14)23-18-5-3-2-4-16(17)18/h2-7,9-10,12,15,24H,8,11,13H2,1H3,(H,22,25). The van der Waals surface area contributed by atoms with Crippen molar-refractivity contribution in [3.63, 3.8) is 0 Å². The average Bonchev–Trinajstić information content (AvgIpc) is 2.70. The number of benzene rings is 1. The van der Waals surface area contributed by atoms with Gasteiger partial charge in [-0.2, -0.15) is 11.8 Å². The number of hydrogen-bond donors (Lipinski definition) is 2. The topological polar surface area (TPSA) is 75.1 Å². The number of aromatic nitrogens is 2.